The Bertz CT molecular complexity index is 35.9. The molecular weight excluding hydrogens is 280 g/mol. The Morgan fingerprint density at radius 3 is 1.14 bits per heavy atom. The first-order chi connectivity index (χ1) is 1.73. The Balaban J connectivity index is -0.0000000150. The van der Waals surface area contributed by atoms with Crippen molar-refractivity contribution in [1.82, 2.24) is 0 Å². The predicted octanol–water partition coefficient (Wildman–Crippen LogP) is -3.24. The van der Waals surface area contributed by atoms with Crippen molar-refractivity contribution in [1.29, 1.82) is 0 Å². The second kappa shape index (κ2) is 15.7. The summed E-state index contributed by atoms with van der Waals surface area (Å²) in [7, 11) is 0. The fraction of sp³-hybridized carbons (Fsp3) is 0. The molecule has 7 heavy (non-hydrogen) atoms. The van der Waals surface area contributed by atoms with Crippen molar-refractivity contribution in [2.75, 3.05) is 0 Å². The van der Waals surface area contributed by atoms with Crippen molar-refractivity contribution >= 4 is 0 Å². The van der Waals surface area contributed by atoms with E-state index >= 15 is 0 Å². The van der Waals surface area contributed by atoms with Gasteiger partial charge in [-0.3, -0.25) is 0 Å². The number of nitrogens with zero attached hydrogens (tertiary/aromatic N) is 1. The van der Waals surface area contributed by atoms with E-state index in [-0.39, 0.29) is 64.8 Å². The molecule has 0 aromatic heterocycles. The summed E-state index contributed by atoms with van der Waals surface area (Å²) in [6, 6.07) is 0. The van der Waals surface area contributed by atoms with E-state index in [0.717, 1.165) is 0 Å². The maximum absolute atomic E-state index is 8.25. The Labute approximate surface area is 84.4 Å². The second-order valence-electron chi connectivity index (χ2n) is 0.224. The van der Waals surface area contributed by atoms with Gasteiger partial charge in [-0.1, -0.05) is 0 Å². The fourth-order valence-electron chi connectivity index (χ4n) is 0. The zero-order valence-electron chi connectivity index (χ0n) is 3.05. The summed E-state index contributed by atoms with van der Waals surface area (Å²) in [4.78, 5) is 8.25. The van der Waals surface area contributed by atoms with E-state index < -0.39 is 5.09 Å². The molecule has 0 fully saturated rings. The Morgan fingerprint density at radius 2 is 1.14 bits per heavy atom. The third-order valence-corrected chi connectivity index (χ3v) is 0. The summed E-state index contributed by atoms with van der Waals surface area (Å²) >= 11 is 0. The minimum absolute atomic E-state index is 0. The zero-order chi connectivity index (χ0) is 3.58. The smallest absolute Gasteiger partial charge is 1.00 e. The van der Waals surface area contributed by atoms with Gasteiger partial charge in [-0.25, -0.2) is 0 Å². The molecule has 0 spiro atoms. The van der Waals surface area contributed by atoms with Gasteiger partial charge in [0.1, 0.15) is 0 Å². The van der Waals surface area contributed by atoms with Crippen LogP contribution in [0.5, 0.6) is 0 Å². The summed E-state index contributed by atoms with van der Waals surface area (Å²) in [6.07, 6.45) is 0. The van der Waals surface area contributed by atoms with Crippen LogP contribution in [0.2, 0.25) is 0 Å². The van der Waals surface area contributed by atoms with E-state index in [1.165, 1.54) is 0 Å². The Morgan fingerprint density at radius 1 is 1.14 bits per heavy atom. The van der Waals surface area contributed by atoms with Gasteiger partial charge in [0.05, 0.1) is 5.09 Å². The van der Waals surface area contributed by atoms with E-state index in [2.05, 4.69) is 0 Å². The first kappa shape index (κ1) is 24.0. The molecule has 4 nitrogen and oxygen atoms in total. The molecule has 0 aliphatic carbocycles. The zero-order valence-corrected chi connectivity index (χ0v) is 8.72. The van der Waals surface area contributed by atoms with Gasteiger partial charge in [-0.2, -0.15) is 0 Å². The van der Waals surface area contributed by atoms with E-state index in [9.17, 15) is 0 Å². The molecule has 0 bridgehead atoms. The summed E-state index contributed by atoms with van der Waals surface area (Å²) in [5.41, 5.74) is 0. The molecule has 0 heterocycles. The summed E-state index contributed by atoms with van der Waals surface area (Å²) < 4.78 is 0. The summed E-state index contributed by atoms with van der Waals surface area (Å²) in [5.74, 6) is 0. The van der Waals surface area contributed by atoms with Crippen molar-refractivity contribution in [2.24, 2.45) is 0 Å². The van der Waals surface area contributed by atoms with Crippen molar-refractivity contribution in [3.8, 4) is 0 Å². The fourth-order valence-corrected chi connectivity index (χ4v) is 0. The molecule has 0 radical (unpaired) electrons. The van der Waals surface area contributed by atoms with E-state index in [1.54, 1.807) is 0 Å². The molecule has 0 aromatic rings. The maximum atomic E-state index is 8.25. The molecule has 0 aliphatic heterocycles. The van der Waals surface area contributed by atoms with Gasteiger partial charge in [0, 0.05) is 0 Å². The van der Waals surface area contributed by atoms with Gasteiger partial charge in [0.25, 0.3) is 0 Å². The molecule has 0 saturated carbocycles. The predicted molar refractivity (Wildman–Crippen MR) is 10.4 cm³/mol. The first-order valence-corrected chi connectivity index (χ1v) is 0.548. The molecule has 0 saturated heterocycles. The first-order valence-electron chi connectivity index (χ1n) is 0.548. The van der Waals surface area contributed by atoms with Gasteiger partial charge in [0.15, 0.2) is 0 Å². The van der Waals surface area contributed by atoms with Crippen LogP contribution in [-0.4, -0.2) is 5.09 Å². The van der Waals surface area contributed by atoms with Crippen LogP contribution in [0.1, 0.15) is 0 Å². The molecule has 0 unspecified atom stereocenters. The minimum Gasteiger partial charge on any atom is -1.00 e. The molecule has 0 aliphatic rings. The molecule has 0 rings (SSSR count). The monoisotopic (exact) mass is 277 g/mol. The van der Waals surface area contributed by atoms with Crippen LogP contribution >= 0.6 is 0 Å². The average Bonchev–Trinajstić information content (AvgIpc) is 0.811. The molecule has 0 N–H and O–H groups in total. The van der Waals surface area contributed by atoms with Crippen molar-refractivity contribution in [3.05, 3.63) is 15.3 Å². The number of halogens is 1. The third-order valence-electron chi connectivity index (χ3n) is 0. The van der Waals surface area contributed by atoms with Crippen LogP contribution in [0.15, 0.2) is 0 Å². The topological polar surface area (TPSA) is 66.2 Å². The van der Waals surface area contributed by atoms with Gasteiger partial charge in [-0.05, 0) is 0 Å². The van der Waals surface area contributed by atoms with E-state index in [0.29, 0.717) is 0 Å². The minimum atomic E-state index is -1.75. The summed E-state index contributed by atoms with van der Waals surface area (Å²) in [6.45, 7) is 0. The molecule has 0 aromatic carbocycles. The number of hydrogen-bond donors (Lipinski definition) is 0. The van der Waals surface area contributed by atoms with Crippen LogP contribution in [0.4, 0.5) is 0 Å². The molecule has 0 atom stereocenters. The van der Waals surface area contributed by atoms with E-state index in [1.807, 2.05) is 0 Å². The molecule has 7 heteroatoms. The van der Waals surface area contributed by atoms with Gasteiger partial charge in [-0.15, -0.1) is 0 Å². The van der Waals surface area contributed by atoms with Gasteiger partial charge in [0.2, 0.25) is 0 Å². The SMILES string of the molecule is O=[N+]([O-])[O-].[Cl-].[Zr+4].[Zr+4]. The normalized spacial score (nSPS) is 3.43. The van der Waals surface area contributed by atoms with Crippen LogP contribution in [0.25, 0.3) is 0 Å². The van der Waals surface area contributed by atoms with Crippen LogP contribution in [-0.2, 0) is 52.4 Å². The molecule has 0 amide bonds. The largest absolute Gasteiger partial charge is 4.00 e. The van der Waals surface area contributed by atoms with Crippen molar-refractivity contribution in [3.63, 3.8) is 0 Å². The third kappa shape index (κ3) is 127. The number of hydrogen-bond acceptors (Lipinski definition) is 3. The Hall–Kier alpha value is 1.26. The van der Waals surface area contributed by atoms with Crippen molar-refractivity contribution < 1.29 is 69.9 Å². The second-order valence-corrected chi connectivity index (χ2v) is 0.224. The van der Waals surface area contributed by atoms with Crippen LogP contribution < -0.4 is 12.4 Å². The van der Waals surface area contributed by atoms with Crippen LogP contribution in [0, 0.1) is 15.3 Å². The van der Waals surface area contributed by atoms with Crippen LogP contribution in [0.3, 0.4) is 0 Å². The average molecular weight is 280 g/mol. The molecule has 32 valence electrons. The van der Waals surface area contributed by atoms with Gasteiger partial charge >= 0.3 is 52.4 Å². The van der Waals surface area contributed by atoms with E-state index in [4.69, 9.17) is 15.3 Å². The summed E-state index contributed by atoms with van der Waals surface area (Å²) in [5, 5.41) is 14.8. The Kier molecular flexibility index (Phi) is 53.7. The standard InChI is InChI=1S/ClH.NO3.2Zr/c;2-1(3)4;;/h1H;;;/q;-1;2*+4/p-1. The maximum Gasteiger partial charge on any atom is 4.00 e. The van der Waals surface area contributed by atoms with Gasteiger partial charge < -0.3 is 27.7 Å². The quantitative estimate of drug-likeness (QED) is 0.346. The molecular formula is ClNO3Zr2+6. The number of rotatable bonds is 0. The van der Waals surface area contributed by atoms with Crippen molar-refractivity contribution in [2.45, 2.75) is 0 Å².